The minimum atomic E-state index is -3.91. The average molecular weight is 353 g/mol. The quantitative estimate of drug-likeness (QED) is 0.575. The summed E-state index contributed by atoms with van der Waals surface area (Å²) in [5.41, 5.74) is 5.72. The van der Waals surface area contributed by atoms with E-state index in [-0.39, 0.29) is 20.6 Å². The van der Waals surface area contributed by atoms with Crippen LogP contribution in [0.5, 0.6) is 0 Å². The minimum absolute atomic E-state index is 0.0110. The van der Waals surface area contributed by atoms with E-state index >= 15 is 0 Å². The zero-order valence-corrected chi connectivity index (χ0v) is 13.7. The van der Waals surface area contributed by atoms with Crippen LogP contribution in [-0.2, 0) is 10.0 Å². The van der Waals surface area contributed by atoms with Gasteiger partial charge in [-0.25, -0.2) is 13.1 Å². The first kappa shape index (κ1) is 16.8. The van der Waals surface area contributed by atoms with Gasteiger partial charge in [-0.05, 0) is 25.0 Å². The first-order valence-corrected chi connectivity index (χ1v) is 9.00. The minimum Gasteiger partial charge on any atom is -0.398 e. The molecule has 21 heavy (non-hydrogen) atoms. The molecule has 4 N–H and O–H groups in total. The Morgan fingerprint density at radius 2 is 1.86 bits per heavy atom. The molecule has 0 saturated heterocycles. The van der Waals surface area contributed by atoms with Gasteiger partial charge < -0.3 is 10.8 Å². The van der Waals surface area contributed by atoms with Crippen molar-refractivity contribution in [1.82, 2.24) is 4.72 Å². The van der Waals surface area contributed by atoms with Crippen LogP contribution in [0.2, 0.25) is 10.0 Å². The lowest BCUT2D eigenvalue weighted by molar-refractivity contribution is 0.130. The molecule has 0 aromatic heterocycles. The number of halogens is 2. The Morgan fingerprint density at radius 1 is 1.19 bits per heavy atom. The summed E-state index contributed by atoms with van der Waals surface area (Å²) in [4.78, 5) is -0.190. The third-order valence-corrected chi connectivity index (χ3v) is 5.83. The van der Waals surface area contributed by atoms with Gasteiger partial charge in [0.15, 0.2) is 0 Å². The van der Waals surface area contributed by atoms with Crippen molar-refractivity contribution in [2.24, 2.45) is 0 Å². The highest BCUT2D eigenvalue weighted by atomic mass is 35.5. The Hall–Kier alpha value is -0.530. The predicted molar refractivity (Wildman–Crippen MR) is 84.1 cm³/mol. The van der Waals surface area contributed by atoms with Crippen LogP contribution in [0.15, 0.2) is 17.0 Å². The fourth-order valence-corrected chi connectivity index (χ4v) is 4.84. The van der Waals surface area contributed by atoms with Crippen LogP contribution in [0, 0.1) is 0 Å². The third kappa shape index (κ3) is 4.02. The highest BCUT2D eigenvalue weighted by molar-refractivity contribution is 7.89. The van der Waals surface area contributed by atoms with E-state index in [0.29, 0.717) is 12.8 Å². The molecule has 1 aromatic carbocycles. The summed E-state index contributed by atoms with van der Waals surface area (Å²) in [5, 5.41) is 10.3. The number of nitrogen functional groups attached to an aromatic ring is 1. The lowest BCUT2D eigenvalue weighted by Crippen LogP contribution is -2.42. The smallest absolute Gasteiger partial charge is 0.244 e. The van der Waals surface area contributed by atoms with E-state index < -0.39 is 22.2 Å². The predicted octanol–water partition coefficient (Wildman–Crippen LogP) is 2.55. The highest BCUT2D eigenvalue weighted by Gasteiger charge is 2.29. The number of nitrogens with two attached hydrogens (primary N) is 1. The molecule has 0 heterocycles. The number of nitrogens with one attached hydrogen (secondary N) is 1. The summed E-state index contributed by atoms with van der Waals surface area (Å²) in [5.74, 6) is 0. The Bertz CT molecular complexity index is 599. The maximum Gasteiger partial charge on any atom is 0.244 e. The summed E-state index contributed by atoms with van der Waals surface area (Å²) >= 11 is 11.7. The first-order chi connectivity index (χ1) is 9.81. The molecule has 2 rings (SSSR count). The van der Waals surface area contributed by atoms with Crippen molar-refractivity contribution in [2.75, 3.05) is 5.73 Å². The molecular weight excluding hydrogens is 335 g/mol. The Kier molecular flexibility index (Phi) is 5.38. The van der Waals surface area contributed by atoms with E-state index in [4.69, 9.17) is 28.9 Å². The van der Waals surface area contributed by atoms with Gasteiger partial charge in [0.1, 0.15) is 4.90 Å². The number of hydrogen-bond acceptors (Lipinski definition) is 4. The van der Waals surface area contributed by atoms with Crippen molar-refractivity contribution < 1.29 is 13.5 Å². The second-order valence-electron chi connectivity index (χ2n) is 5.24. The summed E-state index contributed by atoms with van der Waals surface area (Å²) in [6.45, 7) is 0. The fourth-order valence-electron chi connectivity index (χ4n) is 2.55. The summed E-state index contributed by atoms with van der Waals surface area (Å²) < 4.78 is 27.5. The largest absolute Gasteiger partial charge is 0.398 e. The molecule has 1 aliphatic carbocycles. The maximum atomic E-state index is 12.5. The van der Waals surface area contributed by atoms with Gasteiger partial charge >= 0.3 is 0 Å². The topological polar surface area (TPSA) is 92.4 Å². The van der Waals surface area contributed by atoms with Gasteiger partial charge in [0.2, 0.25) is 10.0 Å². The molecule has 8 heteroatoms. The monoisotopic (exact) mass is 352 g/mol. The molecule has 1 saturated carbocycles. The number of rotatable bonds is 3. The molecule has 0 radical (unpaired) electrons. The number of hydrogen-bond donors (Lipinski definition) is 3. The van der Waals surface area contributed by atoms with E-state index in [1.807, 2.05) is 0 Å². The fraction of sp³-hybridized carbons (Fsp3) is 0.538. The van der Waals surface area contributed by atoms with Gasteiger partial charge in [-0.1, -0.05) is 42.5 Å². The van der Waals surface area contributed by atoms with Crippen LogP contribution < -0.4 is 10.5 Å². The molecular formula is C13H18Cl2N2O3S. The second kappa shape index (κ2) is 6.71. The molecule has 0 aliphatic heterocycles. The third-order valence-electron chi connectivity index (χ3n) is 3.59. The van der Waals surface area contributed by atoms with Crippen molar-refractivity contribution in [3.05, 3.63) is 22.2 Å². The van der Waals surface area contributed by atoms with E-state index in [9.17, 15) is 13.5 Å². The van der Waals surface area contributed by atoms with E-state index in [1.54, 1.807) is 0 Å². The summed E-state index contributed by atoms with van der Waals surface area (Å²) in [6, 6.07) is 2.15. The van der Waals surface area contributed by atoms with Crippen molar-refractivity contribution in [1.29, 1.82) is 0 Å². The molecule has 118 valence electrons. The van der Waals surface area contributed by atoms with Crippen molar-refractivity contribution >= 4 is 38.9 Å². The molecule has 1 fully saturated rings. The number of sulfonamides is 1. The highest BCUT2D eigenvalue weighted by Crippen LogP contribution is 2.31. The van der Waals surface area contributed by atoms with Gasteiger partial charge in [-0.2, -0.15) is 0 Å². The summed E-state index contributed by atoms with van der Waals surface area (Å²) in [7, 11) is -3.91. The molecule has 0 spiro atoms. The Labute approximate surface area is 134 Å². The van der Waals surface area contributed by atoms with Gasteiger partial charge in [0.25, 0.3) is 0 Å². The summed E-state index contributed by atoms with van der Waals surface area (Å²) in [6.07, 6.45) is 3.22. The maximum absolute atomic E-state index is 12.5. The Morgan fingerprint density at radius 3 is 2.52 bits per heavy atom. The zero-order valence-electron chi connectivity index (χ0n) is 11.4. The molecule has 5 nitrogen and oxygen atoms in total. The number of aliphatic hydroxyl groups is 1. The van der Waals surface area contributed by atoms with E-state index in [0.717, 1.165) is 19.3 Å². The Balaban J connectivity index is 2.30. The molecule has 0 bridgehead atoms. The first-order valence-electron chi connectivity index (χ1n) is 6.76. The van der Waals surface area contributed by atoms with Crippen LogP contribution in [0.25, 0.3) is 0 Å². The molecule has 1 aliphatic rings. The van der Waals surface area contributed by atoms with Gasteiger partial charge in [-0.15, -0.1) is 0 Å². The standard InChI is InChI=1S/C13H18Cl2N2O3S/c14-8-6-9(15)13(10(16)7-8)21(19,20)17-11-4-2-1-3-5-12(11)18/h6-7,11-12,17-18H,1-5,16H2. The average Bonchev–Trinajstić information content (AvgIpc) is 2.52. The van der Waals surface area contributed by atoms with Crippen LogP contribution in [0.1, 0.15) is 32.1 Å². The van der Waals surface area contributed by atoms with Crippen molar-refractivity contribution in [3.8, 4) is 0 Å². The van der Waals surface area contributed by atoms with Crippen molar-refractivity contribution in [2.45, 2.75) is 49.1 Å². The SMILES string of the molecule is Nc1cc(Cl)cc(Cl)c1S(=O)(=O)NC1CCCCCC1O. The second-order valence-corrected chi connectivity index (χ2v) is 7.73. The molecule has 2 atom stereocenters. The van der Waals surface area contributed by atoms with E-state index in [2.05, 4.69) is 4.72 Å². The van der Waals surface area contributed by atoms with Gasteiger partial charge in [0.05, 0.1) is 16.8 Å². The van der Waals surface area contributed by atoms with Crippen molar-refractivity contribution in [3.63, 3.8) is 0 Å². The zero-order chi connectivity index (χ0) is 15.6. The number of benzene rings is 1. The normalized spacial score (nSPS) is 23.8. The van der Waals surface area contributed by atoms with Crippen LogP contribution in [-0.4, -0.2) is 25.7 Å². The lowest BCUT2D eigenvalue weighted by atomic mass is 10.1. The van der Waals surface area contributed by atoms with Gasteiger partial charge in [0, 0.05) is 11.1 Å². The number of anilines is 1. The van der Waals surface area contributed by atoms with Gasteiger partial charge in [-0.3, -0.25) is 0 Å². The van der Waals surface area contributed by atoms with E-state index in [1.165, 1.54) is 12.1 Å². The lowest BCUT2D eigenvalue weighted by Gasteiger charge is -2.22. The molecule has 0 amide bonds. The van der Waals surface area contributed by atoms with Crippen LogP contribution in [0.4, 0.5) is 5.69 Å². The molecule has 1 aromatic rings. The van der Waals surface area contributed by atoms with Crippen LogP contribution in [0.3, 0.4) is 0 Å². The van der Waals surface area contributed by atoms with Crippen LogP contribution >= 0.6 is 23.2 Å². The molecule has 2 unspecified atom stereocenters. The number of aliphatic hydroxyl groups excluding tert-OH is 1.